The minimum atomic E-state index is -0.923. The number of aromatic nitrogens is 3. The number of nitrogens with one attached hydrogen (secondary N) is 2. The normalized spacial score (nSPS) is 17.1. The lowest BCUT2D eigenvalue weighted by atomic mass is 9.98. The third-order valence-electron chi connectivity index (χ3n) is 6.30. The van der Waals surface area contributed by atoms with Crippen molar-refractivity contribution < 1.29 is 24.2 Å². The first-order valence-corrected chi connectivity index (χ1v) is 11.1. The largest absolute Gasteiger partial charge is 0.481 e. The first-order chi connectivity index (χ1) is 16.5. The number of anilines is 1. The summed E-state index contributed by atoms with van der Waals surface area (Å²) in [6.07, 6.45) is 0.398. The number of hydrogen-bond donors (Lipinski definition) is 3. The summed E-state index contributed by atoms with van der Waals surface area (Å²) >= 11 is 0. The van der Waals surface area contributed by atoms with Gasteiger partial charge in [-0.05, 0) is 35.1 Å². The Balaban J connectivity index is 1.20. The molecule has 3 aromatic rings. The van der Waals surface area contributed by atoms with Crippen molar-refractivity contribution >= 4 is 23.9 Å². The minimum absolute atomic E-state index is 0.0695. The number of rotatable bonds is 5. The third-order valence-corrected chi connectivity index (χ3v) is 6.30. The van der Waals surface area contributed by atoms with E-state index in [2.05, 4.69) is 32.6 Å². The van der Waals surface area contributed by atoms with Crippen LogP contribution in [0.1, 0.15) is 40.5 Å². The quantitative estimate of drug-likeness (QED) is 0.531. The number of likely N-dealkylation sites (tertiary alicyclic amines) is 1. The lowest BCUT2D eigenvalue weighted by molar-refractivity contribution is -0.143. The first kappa shape index (κ1) is 21.6. The van der Waals surface area contributed by atoms with Crippen LogP contribution in [0.3, 0.4) is 0 Å². The maximum Gasteiger partial charge on any atom is 0.414 e. The number of hydrogen-bond acceptors (Lipinski definition) is 6. The number of benzene rings is 2. The number of ether oxygens (including phenoxy) is 1. The predicted molar refractivity (Wildman–Crippen MR) is 121 cm³/mol. The van der Waals surface area contributed by atoms with Gasteiger partial charge >= 0.3 is 12.1 Å². The number of aliphatic carboxylic acids is 1. The maximum atomic E-state index is 12.7. The average molecular weight is 461 g/mol. The molecule has 34 heavy (non-hydrogen) atoms. The van der Waals surface area contributed by atoms with Gasteiger partial charge in [-0.1, -0.05) is 48.5 Å². The number of carboxylic acid groups (broad SMARTS) is 1. The fourth-order valence-electron chi connectivity index (χ4n) is 4.65. The summed E-state index contributed by atoms with van der Waals surface area (Å²) in [7, 11) is 0. The van der Waals surface area contributed by atoms with E-state index in [1.54, 1.807) is 0 Å². The van der Waals surface area contributed by atoms with E-state index in [0.29, 0.717) is 19.4 Å². The van der Waals surface area contributed by atoms with Gasteiger partial charge in [0.2, 0.25) is 5.82 Å². The van der Waals surface area contributed by atoms with Crippen LogP contribution in [0.2, 0.25) is 0 Å². The molecule has 1 saturated heterocycles. The molecule has 1 aliphatic carbocycles. The molecule has 1 aliphatic heterocycles. The molecule has 2 aliphatic rings. The maximum absolute atomic E-state index is 12.7. The Morgan fingerprint density at radius 1 is 1.09 bits per heavy atom. The lowest BCUT2D eigenvalue weighted by Crippen LogP contribution is -2.42. The highest BCUT2D eigenvalue weighted by molar-refractivity contribution is 5.92. The Kier molecular flexibility index (Phi) is 5.70. The third kappa shape index (κ3) is 4.09. The molecule has 2 aromatic carbocycles. The molecule has 5 rings (SSSR count). The van der Waals surface area contributed by atoms with Crippen LogP contribution >= 0.6 is 0 Å². The van der Waals surface area contributed by atoms with Crippen molar-refractivity contribution in [3.8, 4) is 11.1 Å². The average Bonchev–Trinajstić information content (AvgIpc) is 3.45. The Morgan fingerprint density at radius 2 is 1.76 bits per heavy atom. The zero-order valence-corrected chi connectivity index (χ0v) is 18.2. The van der Waals surface area contributed by atoms with E-state index < -0.39 is 23.9 Å². The number of nitrogens with zero attached hydrogens (tertiary/aromatic N) is 3. The number of piperidine rings is 1. The van der Waals surface area contributed by atoms with Crippen molar-refractivity contribution in [1.82, 2.24) is 20.1 Å². The number of amides is 2. The molecule has 1 aromatic heterocycles. The van der Waals surface area contributed by atoms with E-state index in [4.69, 9.17) is 4.74 Å². The summed E-state index contributed by atoms with van der Waals surface area (Å²) in [4.78, 5) is 41.8. The number of carbonyl (C=O) groups is 3. The summed E-state index contributed by atoms with van der Waals surface area (Å²) in [5.74, 6) is -2.22. The Bertz CT molecular complexity index is 1210. The van der Waals surface area contributed by atoms with Crippen LogP contribution in [0.5, 0.6) is 0 Å². The van der Waals surface area contributed by atoms with Crippen LogP contribution in [0.25, 0.3) is 11.1 Å². The van der Waals surface area contributed by atoms with Crippen molar-refractivity contribution in [3.05, 3.63) is 65.5 Å². The number of carbonyl (C=O) groups excluding carboxylic acids is 2. The number of H-pyrrole nitrogens is 1. The molecule has 174 valence electrons. The minimum Gasteiger partial charge on any atom is -0.481 e. The zero-order valence-electron chi connectivity index (χ0n) is 18.2. The summed E-state index contributed by atoms with van der Waals surface area (Å²) < 4.78 is 5.47. The fraction of sp³-hybridized carbons (Fsp3) is 0.292. The van der Waals surface area contributed by atoms with Crippen LogP contribution in [0, 0.1) is 5.92 Å². The SMILES string of the molecule is O=C(Nc1n[nH]c(C(=O)N2CCC[C@H](C(=O)O)C2)n1)OCC1c2ccccc2-c2ccccc21. The summed E-state index contributed by atoms with van der Waals surface area (Å²) in [5.41, 5.74) is 4.46. The second kappa shape index (κ2) is 8.97. The Labute approximate surface area is 195 Å². The molecule has 10 heteroatoms. The molecular weight excluding hydrogens is 438 g/mol. The van der Waals surface area contributed by atoms with Crippen molar-refractivity contribution in [2.24, 2.45) is 5.92 Å². The summed E-state index contributed by atoms with van der Waals surface area (Å²) in [6, 6.07) is 16.1. The highest BCUT2D eigenvalue weighted by Gasteiger charge is 2.31. The van der Waals surface area contributed by atoms with E-state index in [0.717, 1.165) is 22.3 Å². The van der Waals surface area contributed by atoms with Crippen molar-refractivity contribution in [3.63, 3.8) is 0 Å². The standard InChI is InChI=1S/C24H23N5O5/c30-21(29-11-5-6-14(12-29)22(31)32)20-25-23(28-27-20)26-24(33)34-13-19-17-9-3-1-7-15(17)16-8-2-4-10-18(16)19/h1-4,7-10,14,19H,5-6,11-13H2,(H,31,32)(H2,25,26,27,28,33)/t14-/m0/s1. The molecule has 0 unspecified atom stereocenters. The smallest absolute Gasteiger partial charge is 0.414 e. The Morgan fingerprint density at radius 3 is 2.44 bits per heavy atom. The second-order valence-corrected chi connectivity index (χ2v) is 8.39. The molecule has 0 saturated carbocycles. The van der Waals surface area contributed by atoms with Crippen LogP contribution in [0.15, 0.2) is 48.5 Å². The topological polar surface area (TPSA) is 138 Å². The van der Waals surface area contributed by atoms with E-state index in [1.165, 1.54) is 4.90 Å². The van der Waals surface area contributed by atoms with Crippen LogP contribution in [-0.2, 0) is 9.53 Å². The van der Waals surface area contributed by atoms with Crippen molar-refractivity contribution in [2.75, 3.05) is 25.0 Å². The van der Waals surface area contributed by atoms with Gasteiger partial charge in [0.15, 0.2) is 0 Å². The molecule has 1 fully saturated rings. The fourth-order valence-corrected chi connectivity index (χ4v) is 4.65. The van der Waals surface area contributed by atoms with Gasteiger partial charge in [-0.15, -0.1) is 5.10 Å². The molecule has 10 nitrogen and oxygen atoms in total. The van der Waals surface area contributed by atoms with Gasteiger partial charge in [-0.3, -0.25) is 20.0 Å². The molecule has 2 heterocycles. The Hall–Kier alpha value is -4.21. The lowest BCUT2D eigenvalue weighted by Gasteiger charge is -2.29. The van der Waals surface area contributed by atoms with Gasteiger partial charge in [-0.25, -0.2) is 4.79 Å². The number of fused-ring (bicyclic) bond motifs is 3. The molecule has 2 amide bonds. The zero-order chi connectivity index (χ0) is 23.7. The van der Waals surface area contributed by atoms with Gasteiger partial charge in [0.1, 0.15) is 6.61 Å². The molecule has 0 bridgehead atoms. The first-order valence-electron chi connectivity index (χ1n) is 11.1. The molecule has 0 spiro atoms. The molecule has 3 N–H and O–H groups in total. The highest BCUT2D eigenvalue weighted by atomic mass is 16.5. The summed E-state index contributed by atoms with van der Waals surface area (Å²) in [6.45, 7) is 0.697. The van der Waals surface area contributed by atoms with E-state index in [1.807, 2.05) is 36.4 Å². The molecular formula is C24H23N5O5. The number of carboxylic acids is 1. The number of aromatic amines is 1. The van der Waals surface area contributed by atoms with Gasteiger partial charge in [0, 0.05) is 19.0 Å². The van der Waals surface area contributed by atoms with Crippen molar-refractivity contribution in [2.45, 2.75) is 18.8 Å². The van der Waals surface area contributed by atoms with Gasteiger partial charge in [0.05, 0.1) is 5.92 Å². The van der Waals surface area contributed by atoms with Gasteiger partial charge in [-0.2, -0.15) is 4.98 Å². The monoisotopic (exact) mass is 461 g/mol. The predicted octanol–water partition coefficient (Wildman–Crippen LogP) is 3.10. The van der Waals surface area contributed by atoms with E-state index in [9.17, 15) is 19.5 Å². The van der Waals surface area contributed by atoms with E-state index in [-0.39, 0.29) is 30.8 Å². The second-order valence-electron chi connectivity index (χ2n) is 8.39. The molecule has 0 radical (unpaired) electrons. The van der Waals surface area contributed by atoms with Gasteiger partial charge in [0.25, 0.3) is 11.9 Å². The molecule has 1 atom stereocenters. The highest BCUT2D eigenvalue weighted by Crippen LogP contribution is 2.44. The van der Waals surface area contributed by atoms with Crippen LogP contribution < -0.4 is 5.32 Å². The van der Waals surface area contributed by atoms with Crippen LogP contribution in [-0.4, -0.2) is 62.9 Å². The van der Waals surface area contributed by atoms with E-state index >= 15 is 0 Å². The summed E-state index contributed by atoms with van der Waals surface area (Å²) in [5, 5.41) is 18.0. The van der Waals surface area contributed by atoms with Crippen LogP contribution in [0.4, 0.5) is 10.7 Å². The van der Waals surface area contributed by atoms with Gasteiger partial charge < -0.3 is 14.7 Å². The van der Waals surface area contributed by atoms with Crippen molar-refractivity contribution in [1.29, 1.82) is 0 Å².